The van der Waals surface area contributed by atoms with Gasteiger partial charge in [0.05, 0.1) is 4.87 Å². The lowest BCUT2D eigenvalue weighted by atomic mass is 9.74. The molecule has 1 aliphatic rings. The summed E-state index contributed by atoms with van der Waals surface area (Å²) in [5.41, 5.74) is 2.49. The van der Waals surface area contributed by atoms with Crippen LogP contribution in [0.4, 0.5) is 0 Å². The van der Waals surface area contributed by atoms with Gasteiger partial charge in [0.2, 0.25) is 0 Å². The van der Waals surface area contributed by atoms with Gasteiger partial charge >= 0.3 is 0 Å². The number of nitrogens with one attached hydrogen (secondary N) is 1. The Bertz CT molecular complexity index is 618. The number of para-hydroxylation sites is 1. The molecule has 1 aliphatic heterocycles. The minimum absolute atomic E-state index is 0.266. The normalized spacial score (nSPS) is 35.5. The van der Waals surface area contributed by atoms with Crippen LogP contribution in [-0.4, -0.2) is 34.4 Å². The van der Waals surface area contributed by atoms with E-state index in [-0.39, 0.29) is 4.87 Å². The zero-order valence-electron chi connectivity index (χ0n) is 11.8. The molecular weight excluding hydrogens is 283 g/mol. The maximum absolute atomic E-state index is 6.37. The van der Waals surface area contributed by atoms with E-state index in [4.69, 9.17) is 20.5 Å². The molecule has 0 amide bonds. The van der Waals surface area contributed by atoms with Crippen LogP contribution in [0.2, 0.25) is 0 Å². The predicted molar refractivity (Wildman–Crippen MR) is 92.9 cm³/mol. The highest BCUT2D eigenvalue weighted by molar-refractivity contribution is 7.83. The number of rotatable bonds is 1. The van der Waals surface area contributed by atoms with E-state index in [2.05, 4.69) is 53.8 Å². The summed E-state index contributed by atoms with van der Waals surface area (Å²) in [7, 11) is 8.36. The Balaban J connectivity index is 2.02. The molecule has 1 aromatic carbocycles. The van der Waals surface area contributed by atoms with E-state index < -0.39 is 4.77 Å². The second kappa shape index (κ2) is 4.75. The molecule has 0 saturated carbocycles. The first-order valence-electron chi connectivity index (χ1n) is 6.85. The number of hydrogen-bond acceptors (Lipinski definition) is 3. The van der Waals surface area contributed by atoms with Gasteiger partial charge in [-0.15, -0.1) is 0 Å². The first-order chi connectivity index (χ1) is 9.31. The quantitative estimate of drug-likeness (QED) is 0.544. The molecular formula is C15H19BN2S2. The first kappa shape index (κ1) is 14.4. The van der Waals surface area contributed by atoms with Crippen LogP contribution in [0.1, 0.15) is 31.2 Å². The number of aromatic nitrogens is 1. The zero-order chi connectivity index (χ0) is 14.5. The lowest BCUT2D eigenvalue weighted by Crippen LogP contribution is -2.57. The molecule has 0 bridgehead atoms. The maximum Gasteiger partial charge on any atom is 0.110 e. The van der Waals surface area contributed by atoms with Gasteiger partial charge in [-0.2, -0.15) is 25.3 Å². The minimum atomic E-state index is -0.641. The number of likely N-dealkylation sites (tertiary alicyclic amines) is 1. The lowest BCUT2D eigenvalue weighted by molar-refractivity contribution is 0.116. The molecule has 104 valence electrons. The Labute approximate surface area is 132 Å². The number of piperidine rings is 1. The molecule has 1 saturated heterocycles. The second-order valence-corrected chi connectivity index (χ2v) is 7.79. The number of fused-ring (bicyclic) bond motifs is 1. The molecule has 2 nitrogen and oxygen atoms in total. The van der Waals surface area contributed by atoms with Gasteiger partial charge in [-0.05, 0) is 44.4 Å². The van der Waals surface area contributed by atoms with Crippen molar-refractivity contribution in [2.75, 3.05) is 7.05 Å². The molecule has 2 aromatic rings. The zero-order valence-corrected chi connectivity index (χ0v) is 13.6. The minimum Gasteiger partial charge on any atom is -0.361 e. The first-order valence-corrected chi connectivity index (χ1v) is 7.74. The standard InChI is InChI=1S/C15H19BN2S2/c1-14(19)7-10(8-15(16,20)18(14)2)12-9-17-13-6-4-3-5-11(12)13/h3-6,9-10,17,19-20H,7-8H2,1-2H3. The van der Waals surface area contributed by atoms with Crippen LogP contribution in [0.15, 0.2) is 30.5 Å². The molecule has 0 aliphatic carbocycles. The Hall–Kier alpha value is -0.515. The van der Waals surface area contributed by atoms with Crippen molar-refractivity contribution in [2.45, 2.75) is 35.3 Å². The van der Waals surface area contributed by atoms with Gasteiger partial charge in [-0.25, -0.2) is 0 Å². The van der Waals surface area contributed by atoms with Crippen molar-refractivity contribution in [1.29, 1.82) is 0 Å². The summed E-state index contributed by atoms with van der Waals surface area (Å²) in [5, 5.41) is 1.27. The summed E-state index contributed by atoms with van der Waals surface area (Å²) in [6.07, 6.45) is 3.87. The van der Waals surface area contributed by atoms with Gasteiger partial charge in [0, 0.05) is 21.9 Å². The molecule has 5 heteroatoms. The van der Waals surface area contributed by atoms with Crippen LogP contribution in [0, 0.1) is 0 Å². The Kier molecular flexibility index (Phi) is 3.43. The van der Waals surface area contributed by atoms with Crippen molar-refractivity contribution in [1.82, 2.24) is 9.88 Å². The topological polar surface area (TPSA) is 19.0 Å². The fraction of sp³-hybridized carbons (Fsp3) is 0.467. The van der Waals surface area contributed by atoms with E-state index in [1.165, 1.54) is 16.5 Å². The van der Waals surface area contributed by atoms with Gasteiger partial charge in [0.15, 0.2) is 0 Å². The maximum atomic E-state index is 6.37. The number of nitrogens with zero attached hydrogens (tertiary/aromatic N) is 1. The van der Waals surface area contributed by atoms with Crippen LogP contribution in [0.5, 0.6) is 0 Å². The van der Waals surface area contributed by atoms with E-state index in [1.54, 1.807) is 0 Å². The highest BCUT2D eigenvalue weighted by atomic mass is 32.1. The monoisotopic (exact) mass is 302 g/mol. The fourth-order valence-electron chi connectivity index (χ4n) is 3.24. The summed E-state index contributed by atoms with van der Waals surface area (Å²) >= 11 is 9.45. The van der Waals surface area contributed by atoms with Crippen molar-refractivity contribution in [3.05, 3.63) is 36.0 Å². The molecule has 3 rings (SSSR count). The molecule has 3 unspecified atom stereocenters. The van der Waals surface area contributed by atoms with Gasteiger partial charge in [0.1, 0.15) is 7.85 Å². The average Bonchev–Trinajstić information content (AvgIpc) is 2.79. The largest absolute Gasteiger partial charge is 0.361 e. The highest BCUT2D eigenvalue weighted by Crippen LogP contribution is 2.48. The van der Waals surface area contributed by atoms with E-state index >= 15 is 0 Å². The third-order valence-corrected chi connectivity index (χ3v) is 5.51. The smallest absolute Gasteiger partial charge is 0.110 e. The highest BCUT2D eigenvalue weighted by Gasteiger charge is 2.44. The van der Waals surface area contributed by atoms with E-state index in [0.29, 0.717) is 5.92 Å². The van der Waals surface area contributed by atoms with E-state index in [1.807, 2.05) is 13.1 Å². The van der Waals surface area contributed by atoms with Crippen molar-refractivity contribution in [2.24, 2.45) is 0 Å². The Morgan fingerprint density at radius 2 is 2.00 bits per heavy atom. The van der Waals surface area contributed by atoms with Crippen molar-refractivity contribution in [3.63, 3.8) is 0 Å². The fourth-order valence-corrected chi connectivity index (χ4v) is 4.16. The SMILES string of the molecule is [B]C1(S)CC(c2c[nH]c3ccccc23)CC(C)(S)N1C. The summed E-state index contributed by atoms with van der Waals surface area (Å²) in [4.78, 5) is 5.13. The second-order valence-electron chi connectivity index (χ2n) is 6.05. The Morgan fingerprint density at radius 3 is 2.70 bits per heavy atom. The number of thiol groups is 2. The number of benzene rings is 1. The van der Waals surface area contributed by atoms with Crippen molar-refractivity contribution in [3.8, 4) is 0 Å². The molecule has 0 spiro atoms. The molecule has 1 fully saturated rings. The van der Waals surface area contributed by atoms with Crippen molar-refractivity contribution < 1.29 is 0 Å². The molecule has 2 heterocycles. The molecule has 1 N–H and O–H groups in total. The number of aromatic amines is 1. The van der Waals surface area contributed by atoms with Crippen LogP contribution < -0.4 is 0 Å². The summed E-state index contributed by atoms with van der Waals surface area (Å²) in [5.74, 6) is 0.354. The molecule has 1 aromatic heterocycles. The molecule has 2 radical (unpaired) electrons. The number of H-pyrrole nitrogens is 1. The third-order valence-electron chi connectivity index (χ3n) is 4.54. The summed E-state index contributed by atoms with van der Waals surface area (Å²) in [6.45, 7) is 2.11. The van der Waals surface area contributed by atoms with Crippen molar-refractivity contribution >= 4 is 44.0 Å². The average molecular weight is 302 g/mol. The third kappa shape index (κ3) is 2.30. The van der Waals surface area contributed by atoms with Crippen LogP contribution in [0.25, 0.3) is 10.9 Å². The predicted octanol–water partition coefficient (Wildman–Crippen LogP) is 3.38. The van der Waals surface area contributed by atoms with Gasteiger partial charge in [-0.3, -0.25) is 4.90 Å². The van der Waals surface area contributed by atoms with E-state index in [0.717, 1.165) is 12.8 Å². The van der Waals surface area contributed by atoms with Gasteiger partial charge < -0.3 is 4.98 Å². The lowest BCUT2D eigenvalue weighted by Gasteiger charge is -2.52. The summed E-state index contributed by atoms with van der Waals surface area (Å²) < 4.78 is -0.641. The van der Waals surface area contributed by atoms with E-state index in [9.17, 15) is 0 Å². The summed E-state index contributed by atoms with van der Waals surface area (Å²) in [6, 6.07) is 8.38. The number of hydrogen-bond donors (Lipinski definition) is 3. The Morgan fingerprint density at radius 1 is 1.30 bits per heavy atom. The van der Waals surface area contributed by atoms with Crippen LogP contribution >= 0.6 is 25.3 Å². The van der Waals surface area contributed by atoms with Gasteiger partial charge in [-0.1, -0.05) is 18.2 Å². The van der Waals surface area contributed by atoms with Crippen LogP contribution in [-0.2, 0) is 0 Å². The molecule has 3 atom stereocenters. The van der Waals surface area contributed by atoms with Gasteiger partial charge in [0.25, 0.3) is 0 Å². The van der Waals surface area contributed by atoms with Crippen LogP contribution in [0.3, 0.4) is 0 Å². The molecule has 20 heavy (non-hydrogen) atoms.